The van der Waals surface area contributed by atoms with Crippen molar-refractivity contribution in [1.29, 1.82) is 0 Å². The monoisotopic (exact) mass is 629 g/mol. The molecule has 2 aliphatic carbocycles. The van der Waals surface area contributed by atoms with Gasteiger partial charge in [-0.2, -0.15) is 0 Å². The Labute approximate surface area is 235 Å². The van der Waals surface area contributed by atoms with Gasteiger partial charge in [0.2, 0.25) is 0 Å². The minimum atomic E-state index is -4.90. The van der Waals surface area contributed by atoms with Crippen molar-refractivity contribution in [3.63, 3.8) is 0 Å². The molecule has 0 bridgehead atoms. The molecule has 6 rings (SSSR count). The molecule has 0 unspecified atom stereocenters. The Balaban J connectivity index is 1.75. The number of hydrogen-bond donors (Lipinski definition) is 0. The van der Waals surface area contributed by atoms with Gasteiger partial charge in [0, 0.05) is 0 Å². The first-order valence-corrected chi connectivity index (χ1v) is 29.5. The van der Waals surface area contributed by atoms with Crippen molar-refractivity contribution < 1.29 is 15.6 Å². The molecule has 4 aromatic carbocycles. The van der Waals surface area contributed by atoms with Gasteiger partial charge in [0.15, 0.2) is 0 Å². The van der Waals surface area contributed by atoms with Crippen molar-refractivity contribution in [2.45, 2.75) is 39.8 Å². The molecule has 0 aromatic heterocycles. The van der Waals surface area contributed by atoms with E-state index >= 15 is 0 Å². The summed E-state index contributed by atoms with van der Waals surface area (Å²) in [4.78, 5) is 0. The van der Waals surface area contributed by atoms with Crippen LogP contribution in [0.4, 0.5) is 0 Å². The van der Waals surface area contributed by atoms with Gasteiger partial charge in [0.05, 0.1) is 0 Å². The molecule has 0 saturated carbocycles. The van der Waals surface area contributed by atoms with Crippen LogP contribution in [0.15, 0.2) is 96.1 Å². The summed E-state index contributed by atoms with van der Waals surface area (Å²) in [6.45, 7) is 9.19. The predicted octanol–water partition coefficient (Wildman–Crippen LogP) is 8.87. The van der Waals surface area contributed by atoms with Gasteiger partial charge in [0.1, 0.15) is 0 Å². The molecule has 0 saturated heterocycles. The number of hydrogen-bond acceptors (Lipinski definition) is 0. The summed E-state index contributed by atoms with van der Waals surface area (Å²) in [7, 11) is 16.7. The van der Waals surface area contributed by atoms with Crippen molar-refractivity contribution >= 4 is 41.6 Å². The van der Waals surface area contributed by atoms with E-state index in [0.29, 0.717) is 0 Å². The molecule has 38 heavy (non-hydrogen) atoms. The van der Waals surface area contributed by atoms with Crippen LogP contribution in [0.5, 0.6) is 0 Å². The Kier molecular flexibility index (Phi) is 6.64. The molecular formula is C34H33Cl2SiZr. The Morgan fingerprint density at radius 3 is 1.34 bits per heavy atom. The number of halogens is 2. The molecule has 0 fully saturated rings. The number of rotatable bonds is 5. The van der Waals surface area contributed by atoms with Crippen LogP contribution in [0.1, 0.15) is 36.1 Å². The normalized spacial score (nSPS) is 15.5. The van der Waals surface area contributed by atoms with Gasteiger partial charge < -0.3 is 0 Å². The first-order valence-electron chi connectivity index (χ1n) is 13.5. The van der Waals surface area contributed by atoms with E-state index in [9.17, 15) is 0 Å². The fraction of sp³-hybridized carbons (Fsp3) is 0.176. The fourth-order valence-electron chi connectivity index (χ4n) is 6.52. The Hall–Kier alpha value is -1.96. The number of benzene rings is 4. The van der Waals surface area contributed by atoms with Gasteiger partial charge in [-0.25, -0.2) is 0 Å². The second-order valence-corrected chi connectivity index (χ2v) is 51.8. The van der Waals surface area contributed by atoms with Crippen LogP contribution >= 0.6 is 17.0 Å². The third kappa shape index (κ3) is 4.03. The summed E-state index contributed by atoms with van der Waals surface area (Å²) in [6, 6.07) is 30.8. The molecule has 4 aromatic rings. The van der Waals surface area contributed by atoms with Crippen LogP contribution < -0.4 is 6.54 Å². The van der Waals surface area contributed by atoms with E-state index in [4.69, 9.17) is 17.0 Å². The summed E-state index contributed by atoms with van der Waals surface area (Å²) in [6.07, 6.45) is 6.70. The third-order valence-electron chi connectivity index (χ3n) is 8.52. The summed E-state index contributed by atoms with van der Waals surface area (Å²) in [5.41, 5.74) is 13.1. The number of allylic oxidation sites excluding steroid dienone is 2. The van der Waals surface area contributed by atoms with Crippen LogP contribution in [0.25, 0.3) is 34.4 Å². The van der Waals surface area contributed by atoms with E-state index in [-0.39, 0.29) is 0 Å². The Morgan fingerprint density at radius 1 is 0.579 bits per heavy atom. The molecule has 0 amide bonds. The Morgan fingerprint density at radius 2 is 0.974 bits per heavy atom. The molecule has 191 valence electrons. The van der Waals surface area contributed by atoms with Gasteiger partial charge in [0.25, 0.3) is 0 Å². The van der Waals surface area contributed by atoms with Gasteiger partial charge in [-0.15, -0.1) is 0 Å². The van der Waals surface area contributed by atoms with Gasteiger partial charge in [-0.05, 0) is 0 Å². The van der Waals surface area contributed by atoms with E-state index < -0.39 is 21.5 Å². The molecule has 2 aliphatic rings. The van der Waals surface area contributed by atoms with Crippen molar-refractivity contribution in [2.24, 2.45) is 0 Å². The molecular weight excluding hydrogens is 599 g/mol. The quantitative estimate of drug-likeness (QED) is 0.193. The van der Waals surface area contributed by atoms with Gasteiger partial charge in [-0.1, -0.05) is 0 Å². The third-order valence-corrected chi connectivity index (χ3v) is 56.4. The van der Waals surface area contributed by atoms with Gasteiger partial charge in [-0.3, -0.25) is 0 Å². The topological polar surface area (TPSA) is 0 Å². The van der Waals surface area contributed by atoms with Gasteiger partial charge >= 0.3 is 238 Å². The first kappa shape index (κ1) is 26.3. The van der Waals surface area contributed by atoms with Crippen LogP contribution in [0.3, 0.4) is 0 Å². The predicted molar refractivity (Wildman–Crippen MR) is 168 cm³/mol. The SMILES string of the molecule is CC1=Cc2c(cc[c]([Zr]([Cl])([Cl])([c]3ccc4c(c3-c3ccccc3)C=C(C)C4)[SiH](C)C)c2-c2ccccc2)C1. The zero-order chi connectivity index (χ0) is 26.7. The zero-order valence-corrected chi connectivity index (χ0v) is 27.6. The average Bonchev–Trinajstić information content (AvgIpc) is 3.49. The molecule has 0 atom stereocenters. The van der Waals surface area contributed by atoms with Crippen molar-refractivity contribution in [1.82, 2.24) is 0 Å². The fourth-order valence-corrected chi connectivity index (χ4v) is 29.8. The molecule has 0 nitrogen and oxygen atoms in total. The van der Waals surface area contributed by atoms with E-state index in [2.05, 4.69) is 124 Å². The second kappa shape index (κ2) is 9.60. The molecule has 0 heterocycles. The van der Waals surface area contributed by atoms with Crippen LogP contribution in [0.2, 0.25) is 13.1 Å². The molecule has 0 spiro atoms. The Bertz CT molecular complexity index is 1520. The molecule has 0 radical (unpaired) electrons. The van der Waals surface area contributed by atoms with Crippen molar-refractivity contribution in [3.8, 4) is 22.3 Å². The average molecular weight is 632 g/mol. The van der Waals surface area contributed by atoms with Crippen molar-refractivity contribution in [2.75, 3.05) is 0 Å². The van der Waals surface area contributed by atoms with E-state index in [1.165, 1.54) is 62.2 Å². The van der Waals surface area contributed by atoms with Crippen LogP contribution in [0, 0.1) is 0 Å². The maximum absolute atomic E-state index is 8.36. The van der Waals surface area contributed by atoms with Crippen LogP contribution in [-0.4, -0.2) is 5.92 Å². The molecule has 4 heteroatoms. The first-order chi connectivity index (χ1) is 18.2. The standard InChI is InChI=1S/2C16H13.C2H7Si.2ClH.Zr/c2*1-12-10-14-8-5-9-15(16(14)11-12)13-6-3-2-4-7-13;1-3-2;;;/h2*2-8,11H,10H2,1H3;3H,1-2H3;2*1H;/q;;;;;+2/p-2. The maximum atomic E-state index is 8.36. The summed E-state index contributed by atoms with van der Waals surface area (Å²) in [5, 5.41) is 0. The van der Waals surface area contributed by atoms with E-state index in [0.717, 1.165) is 12.8 Å². The van der Waals surface area contributed by atoms with E-state index in [1.54, 1.807) is 0 Å². The molecule has 0 N–H and O–H groups in total. The summed E-state index contributed by atoms with van der Waals surface area (Å²) < 4.78 is 2.42. The van der Waals surface area contributed by atoms with Crippen molar-refractivity contribution in [3.05, 3.63) is 118 Å². The second-order valence-electron chi connectivity index (χ2n) is 11.4. The zero-order valence-electron chi connectivity index (χ0n) is 22.5. The summed E-state index contributed by atoms with van der Waals surface area (Å²) >= 11 is -4.90. The minimum absolute atomic E-state index is 0.988. The summed E-state index contributed by atoms with van der Waals surface area (Å²) in [5.74, 6) is -1.66. The number of fused-ring (bicyclic) bond motifs is 2. The van der Waals surface area contributed by atoms with Crippen LogP contribution in [-0.2, 0) is 28.4 Å². The van der Waals surface area contributed by atoms with E-state index in [1.807, 2.05) is 0 Å². The molecule has 0 aliphatic heterocycles.